The van der Waals surface area contributed by atoms with Crippen molar-refractivity contribution in [3.63, 3.8) is 0 Å². The monoisotopic (exact) mass is 492 g/mol. The second-order valence-electron chi connectivity index (χ2n) is 7.61. The highest BCUT2D eigenvalue weighted by Crippen LogP contribution is 2.37. The minimum absolute atomic E-state index is 0.0388. The lowest BCUT2D eigenvalue weighted by Gasteiger charge is -2.24. The van der Waals surface area contributed by atoms with Crippen molar-refractivity contribution in [1.29, 1.82) is 0 Å². The van der Waals surface area contributed by atoms with Crippen molar-refractivity contribution in [3.8, 4) is 28.3 Å². The lowest BCUT2D eigenvalue weighted by Crippen LogP contribution is -2.36. The van der Waals surface area contributed by atoms with Crippen molar-refractivity contribution in [3.05, 3.63) is 30.2 Å². The Morgan fingerprint density at radius 3 is 2.68 bits per heavy atom. The Morgan fingerprint density at radius 1 is 1.21 bits per heavy atom. The average molecular weight is 493 g/mol. The molecule has 3 heterocycles. The van der Waals surface area contributed by atoms with E-state index in [2.05, 4.69) is 19.9 Å². The number of aromatic nitrogens is 3. The van der Waals surface area contributed by atoms with Crippen LogP contribution in [0.1, 0.15) is 13.3 Å². The molecule has 3 aromatic rings. The fourth-order valence-corrected chi connectivity index (χ4v) is 4.68. The molecule has 2 aromatic heterocycles. The van der Waals surface area contributed by atoms with Crippen molar-refractivity contribution in [2.75, 3.05) is 54.5 Å². The number of halogens is 1. The number of sulfonamides is 1. The summed E-state index contributed by atoms with van der Waals surface area (Å²) in [4.78, 5) is 6.10. The van der Waals surface area contributed by atoms with Gasteiger partial charge in [-0.05, 0) is 30.2 Å². The van der Waals surface area contributed by atoms with Crippen LogP contribution in [0.5, 0.6) is 5.75 Å². The van der Waals surface area contributed by atoms with Crippen LogP contribution in [0.15, 0.2) is 28.8 Å². The SMILES string of the molecule is CCCS(=O)(=O)Nc1cc(-c2cc(-c3nnc(N4CCOCC4)o3)cnc2N)cc(F)c1OC. The molecule has 3 N–H and O–H groups in total. The van der Waals surface area contributed by atoms with Crippen LogP contribution >= 0.6 is 0 Å². The first kappa shape index (κ1) is 23.7. The van der Waals surface area contributed by atoms with Gasteiger partial charge >= 0.3 is 6.01 Å². The lowest BCUT2D eigenvalue weighted by atomic mass is 10.0. The van der Waals surface area contributed by atoms with Gasteiger partial charge in [-0.1, -0.05) is 12.0 Å². The molecule has 1 aromatic carbocycles. The Balaban J connectivity index is 1.71. The van der Waals surface area contributed by atoms with E-state index >= 15 is 0 Å². The highest BCUT2D eigenvalue weighted by molar-refractivity contribution is 7.92. The zero-order chi connectivity index (χ0) is 24.3. The molecule has 0 radical (unpaired) electrons. The predicted octanol–water partition coefficient (Wildman–Crippen LogP) is 2.52. The van der Waals surface area contributed by atoms with E-state index in [-0.39, 0.29) is 28.9 Å². The van der Waals surface area contributed by atoms with Gasteiger partial charge in [-0.15, -0.1) is 5.10 Å². The maximum atomic E-state index is 14.8. The summed E-state index contributed by atoms with van der Waals surface area (Å²) in [6.45, 7) is 4.13. The van der Waals surface area contributed by atoms with Gasteiger partial charge in [-0.2, -0.15) is 0 Å². The second-order valence-corrected chi connectivity index (χ2v) is 9.45. The molecule has 0 amide bonds. The summed E-state index contributed by atoms with van der Waals surface area (Å²) in [5.41, 5.74) is 7.17. The fourth-order valence-electron chi connectivity index (χ4n) is 3.56. The van der Waals surface area contributed by atoms with Crippen LogP contribution < -0.4 is 20.1 Å². The van der Waals surface area contributed by atoms with Crippen LogP contribution in [0.2, 0.25) is 0 Å². The van der Waals surface area contributed by atoms with E-state index in [4.69, 9.17) is 19.6 Å². The van der Waals surface area contributed by atoms with Gasteiger partial charge < -0.3 is 24.5 Å². The number of ether oxygens (including phenoxy) is 2. The molecule has 11 nitrogen and oxygen atoms in total. The van der Waals surface area contributed by atoms with Crippen LogP contribution in [0.4, 0.5) is 21.9 Å². The van der Waals surface area contributed by atoms with Crippen molar-refractivity contribution in [1.82, 2.24) is 15.2 Å². The van der Waals surface area contributed by atoms with E-state index in [9.17, 15) is 12.8 Å². The van der Waals surface area contributed by atoms with Crippen LogP contribution in [0, 0.1) is 5.82 Å². The van der Waals surface area contributed by atoms with Crippen LogP contribution in [-0.4, -0.2) is 62.8 Å². The van der Waals surface area contributed by atoms with Gasteiger partial charge in [0.25, 0.3) is 5.89 Å². The van der Waals surface area contributed by atoms with Gasteiger partial charge in [-0.3, -0.25) is 4.72 Å². The van der Waals surface area contributed by atoms with Crippen molar-refractivity contribution < 1.29 is 26.7 Å². The van der Waals surface area contributed by atoms with E-state index in [0.717, 1.165) is 0 Å². The molecular formula is C21H25FN6O5S. The summed E-state index contributed by atoms with van der Waals surface area (Å²) in [5.74, 6) is -0.773. The van der Waals surface area contributed by atoms with E-state index in [1.807, 2.05) is 4.90 Å². The van der Waals surface area contributed by atoms with E-state index < -0.39 is 15.8 Å². The number of nitrogens with zero attached hydrogens (tertiary/aromatic N) is 4. The molecule has 34 heavy (non-hydrogen) atoms. The first-order valence-electron chi connectivity index (χ1n) is 10.6. The molecule has 13 heteroatoms. The van der Waals surface area contributed by atoms with Crippen molar-refractivity contribution >= 4 is 27.5 Å². The molecule has 4 rings (SSSR count). The summed E-state index contributed by atoms with van der Waals surface area (Å²) < 4.78 is 58.0. The highest BCUT2D eigenvalue weighted by atomic mass is 32.2. The van der Waals surface area contributed by atoms with Crippen LogP contribution in [-0.2, 0) is 14.8 Å². The molecule has 0 bridgehead atoms. The molecular weight excluding hydrogens is 467 g/mol. The lowest BCUT2D eigenvalue weighted by molar-refractivity contribution is 0.120. The van der Waals surface area contributed by atoms with Gasteiger partial charge in [0.05, 0.1) is 37.3 Å². The van der Waals surface area contributed by atoms with Crippen LogP contribution in [0.3, 0.4) is 0 Å². The first-order chi connectivity index (χ1) is 16.3. The number of rotatable bonds is 8. The Bertz CT molecular complexity index is 1280. The number of hydrogen-bond donors (Lipinski definition) is 2. The predicted molar refractivity (Wildman–Crippen MR) is 125 cm³/mol. The van der Waals surface area contributed by atoms with Gasteiger partial charge in [0.2, 0.25) is 10.0 Å². The van der Waals surface area contributed by atoms with Gasteiger partial charge in [0.15, 0.2) is 11.6 Å². The van der Waals surface area contributed by atoms with Gasteiger partial charge in [0, 0.05) is 24.8 Å². The fraction of sp³-hybridized carbons (Fsp3) is 0.381. The number of benzene rings is 1. The summed E-state index contributed by atoms with van der Waals surface area (Å²) in [7, 11) is -2.43. The number of pyridine rings is 1. The normalized spacial score (nSPS) is 14.3. The third kappa shape index (κ3) is 5.04. The first-order valence-corrected chi connectivity index (χ1v) is 12.3. The Morgan fingerprint density at radius 2 is 1.97 bits per heavy atom. The molecule has 0 aliphatic carbocycles. The average Bonchev–Trinajstić information content (AvgIpc) is 3.30. The Labute approximate surface area is 196 Å². The second kappa shape index (κ2) is 9.81. The quantitative estimate of drug-likeness (QED) is 0.481. The molecule has 1 aliphatic rings. The zero-order valence-corrected chi connectivity index (χ0v) is 19.6. The molecule has 1 saturated heterocycles. The Kier molecular flexibility index (Phi) is 6.84. The zero-order valence-electron chi connectivity index (χ0n) is 18.7. The third-order valence-electron chi connectivity index (χ3n) is 5.16. The number of morpholine rings is 1. The molecule has 0 spiro atoms. The molecule has 0 saturated carbocycles. The summed E-state index contributed by atoms with van der Waals surface area (Å²) in [6, 6.07) is 4.63. The molecule has 1 fully saturated rings. The third-order valence-corrected chi connectivity index (χ3v) is 6.64. The largest absolute Gasteiger partial charge is 0.492 e. The minimum atomic E-state index is -3.69. The number of anilines is 3. The maximum Gasteiger partial charge on any atom is 0.318 e. The van der Waals surface area contributed by atoms with E-state index in [1.54, 1.807) is 13.0 Å². The number of nitrogens with one attached hydrogen (secondary N) is 1. The van der Waals surface area contributed by atoms with Crippen molar-refractivity contribution in [2.45, 2.75) is 13.3 Å². The number of nitrogen functional groups attached to an aromatic ring is 1. The van der Waals surface area contributed by atoms with E-state index in [0.29, 0.717) is 55.4 Å². The Hall–Kier alpha value is -3.45. The van der Waals surface area contributed by atoms with Crippen molar-refractivity contribution in [2.24, 2.45) is 0 Å². The van der Waals surface area contributed by atoms with E-state index in [1.165, 1.54) is 25.4 Å². The smallest absolute Gasteiger partial charge is 0.318 e. The summed E-state index contributed by atoms with van der Waals surface area (Å²) >= 11 is 0. The summed E-state index contributed by atoms with van der Waals surface area (Å²) in [5, 5.41) is 8.18. The van der Waals surface area contributed by atoms with Crippen LogP contribution in [0.25, 0.3) is 22.6 Å². The number of nitrogens with two attached hydrogens (primary N) is 1. The maximum absolute atomic E-state index is 14.8. The van der Waals surface area contributed by atoms with Gasteiger partial charge in [-0.25, -0.2) is 17.8 Å². The topological polar surface area (TPSA) is 146 Å². The number of methoxy groups -OCH3 is 1. The molecule has 182 valence electrons. The van der Waals surface area contributed by atoms with Gasteiger partial charge in [0.1, 0.15) is 5.82 Å². The standard InChI is InChI=1S/C21H25FN6O5S/c1-3-8-34(29,30)27-17-11-13(10-16(22)18(17)31-2)15-9-14(12-24-19(15)23)20-25-26-21(33-20)28-4-6-32-7-5-28/h9-12,27H,3-8H2,1-2H3,(H2,23,24). The molecule has 0 unspecified atom stereocenters. The number of hydrogen-bond acceptors (Lipinski definition) is 10. The highest BCUT2D eigenvalue weighted by Gasteiger charge is 2.21. The molecule has 1 aliphatic heterocycles. The minimum Gasteiger partial charge on any atom is -0.492 e. The molecule has 0 atom stereocenters. The summed E-state index contributed by atoms with van der Waals surface area (Å²) in [6.07, 6.45) is 1.87.